The molecular weight excluding hydrogens is 192 g/mol. The monoisotopic (exact) mass is 214 g/mol. The molecule has 4 heteroatoms. The van der Waals surface area contributed by atoms with Gasteiger partial charge in [-0.3, -0.25) is 4.79 Å². The first-order valence-corrected chi connectivity index (χ1v) is 5.60. The largest absolute Gasteiger partial charge is 0.468 e. The molecule has 15 heavy (non-hydrogen) atoms. The third kappa shape index (κ3) is 3.47. The Kier molecular flexibility index (Phi) is 4.54. The van der Waals surface area contributed by atoms with Gasteiger partial charge < -0.3 is 15.4 Å². The van der Waals surface area contributed by atoms with Crippen LogP contribution in [-0.2, 0) is 9.53 Å². The number of carbonyl (C=O) groups excluding carboxylic acids is 1. The highest BCUT2D eigenvalue weighted by Gasteiger charge is 2.27. The molecule has 0 amide bonds. The lowest BCUT2D eigenvalue weighted by atomic mass is 9.95. The minimum atomic E-state index is -0.499. The Morgan fingerprint density at radius 1 is 1.60 bits per heavy atom. The predicted molar refractivity (Wildman–Crippen MR) is 59.4 cm³/mol. The normalized spacial score (nSPS) is 24.5. The molecule has 1 fully saturated rings. The van der Waals surface area contributed by atoms with E-state index < -0.39 is 6.04 Å². The maximum absolute atomic E-state index is 11.1. The number of nitrogens with zero attached hydrogens (tertiary/aromatic N) is 1. The van der Waals surface area contributed by atoms with Gasteiger partial charge in [0, 0.05) is 13.1 Å². The van der Waals surface area contributed by atoms with E-state index in [-0.39, 0.29) is 5.97 Å². The summed E-state index contributed by atoms with van der Waals surface area (Å²) in [7, 11) is 1.38. The number of carbonyl (C=O) groups is 1. The molecule has 1 aliphatic heterocycles. The zero-order valence-electron chi connectivity index (χ0n) is 9.90. The van der Waals surface area contributed by atoms with E-state index in [9.17, 15) is 4.79 Å². The van der Waals surface area contributed by atoms with Crippen LogP contribution in [0.2, 0.25) is 0 Å². The third-order valence-corrected chi connectivity index (χ3v) is 3.21. The summed E-state index contributed by atoms with van der Waals surface area (Å²) in [6.07, 6.45) is 1.21. The van der Waals surface area contributed by atoms with Crippen LogP contribution >= 0.6 is 0 Å². The minimum absolute atomic E-state index is 0.317. The van der Waals surface area contributed by atoms with Crippen LogP contribution in [0, 0.1) is 11.8 Å². The number of hydrogen-bond donors (Lipinski definition) is 1. The fourth-order valence-corrected chi connectivity index (χ4v) is 2.08. The second-order valence-corrected chi connectivity index (χ2v) is 4.68. The molecule has 0 spiro atoms. The van der Waals surface area contributed by atoms with Crippen LogP contribution in [0.15, 0.2) is 0 Å². The van der Waals surface area contributed by atoms with Crippen molar-refractivity contribution in [3.63, 3.8) is 0 Å². The van der Waals surface area contributed by atoms with Gasteiger partial charge in [0.2, 0.25) is 0 Å². The molecule has 0 aliphatic carbocycles. The highest BCUT2D eigenvalue weighted by Crippen LogP contribution is 2.23. The Morgan fingerprint density at radius 2 is 2.27 bits per heavy atom. The highest BCUT2D eigenvalue weighted by atomic mass is 16.5. The number of methoxy groups -OCH3 is 1. The Bertz CT molecular complexity index is 219. The number of esters is 1. The van der Waals surface area contributed by atoms with E-state index in [0.29, 0.717) is 12.5 Å². The summed E-state index contributed by atoms with van der Waals surface area (Å²) in [6.45, 7) is 7.22. The number of rotatable bonds is 4. The van der Waals surface area contributed by atoms with Crippen LogP contribution in [0.3, 0.4) is 0 Å². The van der Waals surface area contributed by atoms with E-state index >= 15 is 0 Å². The maximum Gasteiger partial charge on any atom is 0.323 e. The minimum Gasteiger partial charge on any atom is -0.468 e. The maximum atomic E-state index is 11.1. The standard InChI is InChI=1S/C11H22N2O2/c1-8(2)9-4-5-13(6-9)7-10(12)11(14)15-3/h8-10H,4-7,12H2,1-3H3. The SMILES string of the molecule is COC(=O)C(N)CN1CCC(C(C)C)C1. The van der Waals surface area contributed by atoms with Gasteiger partial charge in [-0.2, -0.15) is 0 Å². The Labute approximate surface area is 91.8 Å². The smallest absolute Gasteiger partial charge is 0.323 e. The number of likely N-dealkylation sites (tertiary alicyclic amines) is 1. The molecule has 1 heterocycles. The molecule has 1 aliphatic rings. The lowest BCUT2D eigenvalue weighted by molar-refractivity contribution is -0.142. The lowest BCUT2D eigenvalue weighted by Crippen LogP contribution is -2.42. The van der Waals surface area contributed by atoms with E-state index in [0.717, 1.165) is 19.0 Å². The molecular formula is C11H22N2O2. The number of hydrogen-bond acceptors (Lipinski definition) is 4. The number of nitrogens with two attached hydrogens (primary N) is 1. The molecule has 88 valence electrons. The molecule has 2 atom stereocenters. The molecule has 1 rings (SSSR count). The van der Waals surface area contributed by atoms with E-state index in [1.165, 1.54) is 13.5 Å². The van der Waals surface area contributed by atoms with Crippen molar-refractivity contribution in [2.24, 2.45) is 17.6 Å². The van der Waals surface area contributed by atoms with E-state index in [1.54, 1.807) is 0 Å². The number of ether oxygens (including phenoxy) is 1. The summed E-state index contributed by atoms with van der Waals surface area (Å²) >= 11 is 0. The van der Waals surface area contributed by atoms with Crippen molar-refractivity contribution in [1.82, 2.24) is 4.90 Å². The Morgan fingerprint density at radius 3 is 2.73 bits per heavy atom. The van der Waals surface area contributed by atoms with Crippen molar-refractivity contribution in [2.45, 2.75) is 26.3 Å². The van der Waals surface area contributed by atoms with Crippen LogP contribution < -0.4 is 5.73 Å². The van der Waals surface area contributed by atoms with E-state index in [1.807, 2.05) is 0 Å². The zero-order chi connectivity index (χ0) is 11.4. The van der Waals surface area contributed by atoms with Gasteiger partial charge in [-0.15, -0.1) is 0 Å². The first kappa shape index (κ1) is 12.5. The topological polar surface area (TPSA) is 55.6 Å². The van der Waals surface area contributed by atoms with Gasteiger partial charge in [0.1, 0.15) is 6.04 Å². The van der Waals surface area contributed by atoms with Gasteiger partial charge in [-0.25, -0.2) is 0 Å². The Balaban J connectivity index is 2.32. The van der Waals surface area contributed by atoms with Crippen LogP contribution in [0.1, 0.15) is 20.3 Å². The van der Waals surface area contributed by atoms with Crippen LogP contribution in [-0.4, -0.2) is 43.7 Å². The summed E-state index contributed by atoms with van der Waals surface area (Å²) in [4.78, 5) is 13.4. The molecule has 1 saturated heterocycles. The van der Waals surface area contributed by atoms with Gasteiger partial charge in [-0.05, 0) is 24.8 Å². The predicted octanol–water partition coefficient (Wildman–Crippen LogP) is 0.465. The van der Waals surface area contributed by atoms with Crippen molar-refractivity contribution < 1.29 is 9.53 Å². The Hall–Kier alpha value is -0.610. The molecule has 0 aromatic heterocycles. The van der Waals surface area contributed by atoms with Crippen molar-refractivity contribution in [3.05, 3.63) is 0 Å². The van der Waals surface area contributed by atoms with Crippen molar-refractivity contribution in [3.8, 4) is 0 Å². The summed E-state index contributed by atoms with van der Waals surface area (Å²) in [5, 5.41) is 0. The summed E-state index contributed by atoms with van der Waals surface area (Å²) in [5.74, 6) is 1.14. The molecule has 4 nitrogen and oxygen atoms in total. The van der Waals surface area contributed by atoms with Gasteiger partial charge in [-0.1, -0.05) is 13.8 Å². The van der Waals surface area contributed by atoms with Crippen LogP contribution in [0.5, 0.6) is 0 Å². The second-order valence-electron chi connectivity index (χ2n) is 4.68. The van der Waals surface area contributed by atoms with E-state index in [2.05, 4.69) is 23.5 Å². The molecule has 0 aromatic rings. The van der Waals surface area contributed by atoms with Gasteiger partial charge >= 0.3 is 5.97 Å². The third-order valence-electron chi connectivity index (χ3n) is 3.21. The summed E-state index contributed by atoms with van der Waals surface area (Å²) in [6, 6.07) is -0.499. The molecule has 2 unspecified atom stereocenters. The fourth-order valence-electron chi connectivity index (χ4n) is 2.08. The molecule has 2 N–H and O–H groups in total. The fraction of sp³-hybridized carbons (Fsp3) is 0.909. The molecule has 0 radical (unpaired) electrons. The highest BCUT2D eigenvalue weighted by molar-refractivity contribution is 5.75. The van der Waals surface area contributed by atoms with Gasteiger partial charge in [0.25, 0.3) is 0 Å². The summed E-state index contributed by atoms with van der Waals surface area (Å²) in [5.41, 5.74) is 5.71. The van der Waals surface area contributed by atoms with Crippen molar-refractivity contribution in [2.75, 3.05) is 26.7 Å². The van der Waals surface area contributed by atoms with Gasteiger partial charge in [0.05, 0.1) is 7.11 Å². The first-order valence-electron chi connectivity index (χ1n) is 5.60. The summed E-state index contributed by atoms with van der Waals surface area (Å²) < 4.78 is 4.61. The van der Waals surface area contributed by atoms with E-state index in [4.69, 9.17) is 5.73 Å². The average molecular weight is 214 g/mol. The van der Waals surface area contributed by atoms with Gasteiger partial charge in [0.15, 0.2) is 0 Å². The quantitative estimate of drug-likeness (QED) is 0.691. The van der Waals surface area contributed by atoms with Crippen LogP contribution in [0.4, 0.5) is 0 Å². The molecule has 0 bridgehead atoms. The molecule has 0 aromatic carbocycles. The molecule has 0 saturated carbocycles. The zero-order valence-corrected chi connectivity index (χ0v) is 9.90. The second kappa shape index (κ2) is 5.47. The van der Waals surface area contributed by atoms with Crippen molar-refractivity contribution in [1.29, 1.82) is 0 Å². The lowest BCUT2D eigenvalue weighted by Gasteiger charge is -2.20. The van der Waals surface area contributed by atoms with Crippen LogP contribution in [0.25, 0.3) is 0 Å². The first-order chi connectivity index (χ1) is 7.04. The van der Waals surface area contributed by atoms with Crippen molar-refractivity contribution >= 4 is 5.97 Å². The average Bonchev–Trinajstić information content (AvgIpc) is 2.65.